The lowest BCUT2D eigenvalue weighted by molar-refractivity contribution is -0.122. The third-order valence-corrected chi connectivity index (χ3v) is 6.56. The monoisotopic (exact) mass is 412 g/mol. The second kappa shape index (κ2) is 10.8. The molecule has 1 aliphatic rings. The Labute approximate surface area is 180 Å². The lowest BCUT2D eigenvalue weighted by Crippen LogP contribution is -2.52. The molecule has 5 nitrogen and oxygen atoms in total. The van der Waals surface area contributed by atoms with Crippen LogP contribution in [0, 0.1) is 5.92 Å². The number of nitrogens with one attached hydrogen (secondary N) is 1. The minimum atomic E-state index is -0.191. The Morgan fingerprint density at radius 1 is 1.10 bits per heavy atom. The molecule has 30 heavy (non-hydrogen) atoms. The van der Waals surface area contributed by atoms with Crippen molar-refractivity contribution in [3.8, 4) is 5.75 Å². The topological polar surface area (TPSA) is 50.8 Å². The summed E-state index contributed by atoms with van der Waals surface area (Å²) in [6.07, 6.45) is 2.25. The van der Waals surface area contributed by atoms with E-state index >= 15 is 0 Å². The summed E-state index contributed by atoms with van der Waals surface area (Å²) in [6.45, 7) is 10.6. The predicted molar refractivity (Wildman–Crippen MR) is 122 cm³/mol. The number of morpholine rings is 1. The maximum atomic E-state index is 13.0. The van der Waals surface area contributed by atoms with Crippen LogP contribution in [0.2, 0.25) is 0 Å². The van der Waals surface area contributed by atoms with Gasteiger partial charge in [-0.1, -0.05) is 51.0 Å². The summed E-state index contributed by atoms with van der Waals surface area (Å²) in [5, 5.41) is 5.49. The smallest absolute Gasteiger partial charge is 0.227 e. The molecule has 1 fully saturated rings. The van der Waals surface area contributed by atoms with Gasteiger partial charge in [0.05, 0.1) is 26.2 Å². The first-order valence-electron chi connectivity index (χ1n) is 11.2. The summed E-state index contributed by atoms with van der Waals surface area (Å²) in [5.74, 6) is 1.32. The second-order valence-corrected chi connectivity index (χ2v) is 8.23. The van der Waals surface area contributed by atoms with Crippen LogP contribution < -0.4 is 10.1 Å². The Morgan fingerprint density at radius 3 is 2.43 bits per heavy atom. The Balaban J connectivity index is 1.67. The summed E-state index contributed by atoms with van der Waals surface area (Å²) in [6, 6.07) is 12.6. The molecule has 0 saturated carbocycles. The highest BCUT2D eigenvalue weighted by atomic mass is 16.5. The van der Waals surface area contributed by atoms with E-state index in [1.807, 2.05) is 31.2 Å². The molecule has 164 valence electrons. The standard InChI is InChI=1S/C25H36N2O3/c1-5-19(6-2)24(27-11-13-30-14-12-27)17-26-25(28)18(3)20-7-8-22-16-23(29-4)10-9-21(22)15-20/h7-10,15-16,18-19,24H,5-6,11-14,17H2,1-4H3,(H,26,28)/t18-,24-/m1/s1. The van der Waals surface area contributed by atoms with Gasteiger partial charge < -0.3 is 14.8 Å². The van der Waals surface area contributed by atoms with Crippen molar-refractivity contribution in [3.05, 3.63) is 42.0 Å². The van der Waals surface area contributed by atoms with Crippen LogP contribution in [0.25, 0.3) is 10.8 Å². The molecule has 1 N–H and O–H groups in total. The zero-order valence-corrected chi connectivity index (χ0v) is 18.8. The van der Waals surface area contributed by atoms with Crippen LogP contribution >= 0.6 is 0 Å². The molecule has 0 spiro atoms. The minimum Gasteiger partial charge on any atom is -0.497 e. The predicted octanol–water partition coefficient (Wildman–Crippen LogP) is 4.21. The van der Waals surface area contributed by atoms with Gasteiger partial charge in [-0.2, -0.15) is 0 Å². The van der Waals surface area contributed by atoms with Gasteiger partial charge in [-0.3, -0.25) is 9.69 Å². The lowest BCUT2D eigenvalue weighted by atomic mass is 9.92. The highest BCUT2D eigenvalue weighted by Crippen LogP contribution is 2.26. The Bertz CT molecular complexity index is 828. The number of methoxy groups -OCH3 is 1. The molecule has 1 aliphatic heterocycles. The summed E-state index contributed by atoms with van der Waals surface area (Å²) in [4.78, 5) is 15.5. The van der Waals surface area contributed by atoms with Gasteiger partial charge in [-0.15, -0.1) is 0 Å². The number of hydrogen-bond donors (Lipinski definition) is 1. The first kappa shape index (κ1) is 22.6. The molecule has 1 heterocycles. The lowest BCUT2D eigenvalue weighted by Gasteiger charge is -2.39. The van der Waals surface area contributed by atoms with Crippen molar-refractivity contribution in [1.29, 1.82) is 0 Å². The van der Waals surface area contributed by atoms with E-state index in [1.54, 1.807) is 7.11 Å². The first-order chi connectivity index (χ1) is 14.6. The van der Waals surface area contributed by atoms with Crippen LogP contribution in [0.1, 0.15) is 45.1 Å². The third-order valence-electron chi connectivity index (χ3n) is 6.56. The van der Waals surface area contributed by atoms with Gasteiger partial charge in [-0.05, 0) is 41.3 Å². The number of carbonyl (C=O) groups is 1. The molecule has 2 aromatic rings. The molecular weight excluding hydrogens is 376 g/mol. The van der Waals surface area contributed by atoms with Gasteiger partial charge in [0, 0.05) is 25.7 Å². The fraction of sp³-hybridized carbons (Fsp3) is 0.560. The van der Waals surface area contributed by atoms with Crippen molar-refractivity contribution in [2.45, 2.75) is 45.6 Å². The van der Waals surface area contributed by atoms with Crippen LogP contribution in [0.5, 0.6) is 5.75 Å². The van der Waals surface area contributed by atoms with Gasteiger partial charge in [0.25, 0.3) is 0 Å². The number of rotatable bonds is 9. The number of carbonyl (C=O) groups excluding carboxylic acids is 1. The summed E-state index contributed by atoms with van der Waals surface area (Å²) >= 11 is 0. The second-order valence-electron chi connectivity index (χ2n) is 8.23. The van der Waals surface area contributed by atoms with Crippen LogP contribution in [-0.4, -0.2) is 56.8 Å². The maximum Gasteiger partial charge on any atom is 0.227 e. The van der Waals surface area contributed by atoms with Crippen LogP contribution in [0.4, 0.5) is 0 Å². The largest absolute Gasteiger partial charge is 0.497 e. The summed E-state index contributed by atoms with van der Waals surface area (Å²) < 4.78 is 10.8. The van der Waals surface area contributed by atoms with Gasteiger partial charge in [0.1, 0.15) is 5.75 Å². The maximum absolute atomic E-state index is 13.0. The Morgan fingerprint density at radius 2 is 1.77 bits per heavy atom. The Hall–Kier alpha value is -2.11. The van der Waals surface area contributed by atoms with Crippen LogP contribution in [0.3, 0.4) is 0 Å². The van der Waals surface area contributed by atoms with Gasteiger partial charge >= 0.3 is 0 Å². The van der Waals surface area contributed by atoms with E-state index < -0.39 is 0 Å². The van der Waals surface area contributed by atoms with E-state index in [2.05, 4.69) is 36.2 Å². The van der Waals surface area contributed by atoms with E-state index in [1.165, 1.54) is 0 Å². The fourth-order valence-corrected chi connectivity index (χ4v) is 4.48. The molecule has 1 amide bonds. The molecule has 1 saturated heterocycles. The quantitative estimate of drug-likeness (QED) is 0.670. The molecule has 0 radical (unpaired) electrons. The van der Waals surface area contributed by atoms with Gasteiger partial charge in [-0.25, -0.2) is 0 Å². The van der Waals surface area contributed by atoms with Crippen molar-refractivity contribution < 1.29 is 14.3 Å². The molecule has 2 atom stereocenters. The minimum absolute atomic E-state index is 0.0899. The van der Waals surface area contributed by atoms with E-state index in [9.17, 15) is 4.79 Å². The summed E-state index contributed by atoms with van der Waals surface area (Å²) in [5.41, 5.74) is 1.04. The molecule has 5 heteroatoms. The van der Waals surface area contributed by atoms with Gasteiger partial charge in [0.2, 0.25) is 5.91 Å². The normalized spacial score (nSPS) is 17.1. The molecular formula is C25H36N2O3. The SMILES string of the molecule is CCC(CC)[C@@H](CNC(=O)[C@H](C)c1ccc2cc(OC)ccc2c1)N1CCOCC1. The first-order valence-corrected chi connectivity index (χ1v) is 11.2. The molecule has 2 aromatic carbocycles. The Kier molecular flexibility index (Phi) is 8.11. The van der Waals surface area contributed by atoms with E-state index in [0.717, 1.165) is 61.2 Å². The summed E-state index contributed by atoms with van der Waals surface area (Å²) in [7, 11) is 1.67. The van der Waals surface area contributed by atoms with Crippen molar-refractivity contribution in [2.75, 3.05) is 40.0 Å². The molecule has 3 rings (SSSR count). The van der Waals surface area contributed by atoms with E-state index in [0.29, 0.717) is 18.5 Å². The molecule has 0 unspecified atom stereocenters. The number of nitrogens with zero attached hydrogens (tertiary/aromatic N) is 1. The molecule has 0 aliphatic carbocycles. The zero-order chi connectivity index (χ0) is 21.5. The third kappa shape index (κ3) is 5.32. The average molecular weight is 413 g/mol. The van der Waals surface area contributed by atoms with Crippen molar-refractivity contribution in [3.63, 3.8) is 0 Å². The molecule has 0 aromatic heterocycles. The number of amides is 1. The molecule has 0 bridgehead atoms. The van der Waals surface area contributed by atoms with Crippen LogP contribution in [-0.2, 0) is 9.53 Å². The number of hydrogen-bond acceptors (Lipinski definition) is 4. The number of benzene rings is 2. The fourth-order valence-electron chi connectivity index (χ4n) is 4.48. The van der Waals surface area contributed by atoms with Gasteiger partial charge in [0.15, 0.2) is 0 Å². The van der Waals surface area contributed by atoms with E-state index in [-0.39, 0.29) is 11.8 Å². The van der Waals surface area contributed by atoms with Crippen molar-refractivity contribution >= 4 is 16.7 Å². The average Bonchev–Trinajstić information content (AvgIpc) is 2.80. The van der Waals surface area contributed by atoms with Crippen molar-refractivity contribution in [1.82, 2.24) is 10.2 Å². The zero-order valence-electron chi connectivity index (χ0n) is 18.8. The highest BCUT2D eigenvalue weighted by Gasteiger charge is 2.28. The number of fused-ring (bicyclic) bond motifs is 1. The van der Waals surface area contributed by atoms with Crippen LogP contribution in [0.15, 0.2) is 36.4 Å². The highest BCUT2D eigenvalue weighted by molar-refractivity contribution is 5.88. The van der Waals surface area contributed by atoms with Crippen molar-refractivity contribution in [2.24, 2.45) is 5.92 Å². The number of ether oxygens (including phenoxy) is 2. The van der Waals surface area contributed by atoms with E-state index in [4.69, 9.17) is 9.47 Å².